The zero-order chi connectivity index (χ0) is 13.9. The molecule has 1 aromatic carbocycles. The Hall–Kier alpha value is -1.33. The lowest BCUT2D eigenvalue weighted by Crippen LogP contribution is -2.36. The topological polar surface area (TPSA) is 33.1 Å². The molecule has 0 radical (unpaired) electrons. The molecule has 2 heterocycles. The van der Waals surface area contributed by atoms with Gasteiger partial charge in [0.05, 0.1) is 0 Å². The van der Waals surface area contributed by atoms with Gasteiger partial charge in [-0.1, -0.05) is 0 Å². The highest BCUT2D eigenvalue weighted by atomic mass is 79.9. The molecule has 20 heavy (non-hydrogen) atoms. The number of nitrogens with one attached hydrogen (secondary N) is 1. The van der Waals surface area contributed by atoms with Crippen LogP contribution < -0.4 is 5.32 Å². The van der Waals surface area contributed by atoms with Gasteiger partial charge in [0.15, 0.2) is 0 Å². The number of imidazole rings is 1. The number of anilines is 1. The summed E-state index contributed by atoms with van der Waals surface area (Å²) in [6.07, 6.45) is 6.20. The van der Waals surface area contributed by atoms with E-state index in [2.05, 4.69) is 62.4 Å². The Morgan fingerprint density at radius 3 is 2.50 bits per heavy atom. The van der Waals surface area contributed by atoms with Crippen molar-refractivity contribution in [2.75, 3.05) is 25.5 Å². The molecule has 0 unspecified atom stereocenters. The maximum atomic E-state index is 4.18. The number of hydrogen-bond acceptors (Lipinski definition) is 3. The van der Waals surface area contributed by atoms with Gasteiger partial charge in [-0.2, -0.15) is 0 Å². The molecule has 0 amide bonds. The summed E-state index contributed by atoms with van der Waals surface area (Å²) in [5, 5.41) is 3.62. The fraction of sp³-hybridized carbons (Fsp3) is 0.400. The van der Waals surface area contributed by atoms with Gasteiger partial charge < -0.3 is 14.8 Å². The number of nitrogens with zero attached hydrogens (tertiary/aromatic N) is 3. The van der Waals surface area contributed by atoms with Crippen molar-refractivity contribution >= 4 is 21.6 Å². The highest BCUT2D eigenvalue weighted by Crippen LogP contribution is 2.18. The van der Waals surface area contributed by atoms with E-state index in [9.17, 15) is 0 Å². The molecule has 1 fully saturated rings. The van der Waals surface area contributed by atoms with Crippen LogP contribution in [0.3, 0.4) is 0 Å². The number of benzene rings is 1. The van der Waals surface area contributed by atoms with Crippen LogP contribution in [0.1, 0.15) is 12.8 Å². The first-order valence-electron chi connectivity index (χ1n) is 6.96. The van der Waals surface area contributed by atoms with Gasteiger partial charge in [-0.15, -0.1) is 0 Å². The summed E-state index contributed by atoms with van der Waals surface area (Å²) in [6, 6.07) is 9.11. The second-order valence-corrected chi connectivity index (χ2v) is 6.18. The van der Waals surface area contributed by atoms with E-state index in [-0.39, 0.29) is 0 Å². The van der Waals surface area contributed by atoms with Crippen LogP contribution >= 0.6 is 15.9 Å². The lowest BCUT2D eigenvalue weighted by molar-refractivity contribution is 0.264. The van der Waals surface area contributed by atoms with Gasteiger partial charge in [0.2, 0.25) is 0 Å². The quantitative estimate of drug-likeness (QED) is 0.935. The van der Waals surface area contributed by atoms with Crippen molar-refractivity contribution in [3.05, 3.63) is 41.4 Å². The number of piperidine rings is 1. The van der Waals surface area contributed by atoms with Crippen molar-refractivity contribution in [2.24, 2.45) is 0 Å². The summed E-state index contributed by atoms with van der Waals surface area (Å²) in [5.41, 5.74) is 2.32. The van der Waals surface area contributed by atoms with Crippen LogP contribution in [0.2, 0.25) is 0 Å². The van der Waals surface area contributed by atoms with Gasteiger partial charge >= 0.3 is 0 Å². The Bertz CT molecular complexity index is 556. The van der Waals surface area contributed by atoms with Crippen LogP contribution in [-0.2, 0) is 0 Å². The zero-order valence-corrected chi connectivity index (χ0v) is 13.2. The molecule has 2 aromatic rings. The molecule has 0 bridgehead atoms. The van der Waals surface area contributed by atoms with Crippen LogP contribution in [-0.4, -0.2) is 40.6 Å². The first kappa shape index (κ1) is 13.6. The minimum Gasteiger partial charge on any atom is -0.382 e. The second kappa shape index (κ2) is 5.97. The van der Waals surface area contributed by atoms with E-state index in [1.54, 1.807) is 0 Å². The predicted molar refractivity (Wildman–Crippen MR) is 85.4 cm³/mol. The lowest BCUT2D eigenvalue weighted by atomic mass is 10.1. The molecular formula is C15H19BrN4. The summed E-state index contributed by atoms with van der Waals surface area (Å²) in [5.74, 6) is 0. The first-order valence-corrected chi connectivity index (χ1v) is 7.75. The van der Waals surface area contributed by atoms with Gasteiger partial charge in [-0.3, -0.25) is 0 Å². The third-order valence-corrected chi connectivity index (χ3v) is 4.22. The van der Waals surface area contributed by atoms with Gasteiger partial charge in [0.25, 0.3) is 0 Å². The third kappa shape index (κ3) is 3.22. The van der Waals surface area contributed by atoms with E-state index in [1.165, 1.54) is 31.6 Å². The van der Waals surface area contributed by atoms with Crippen molar-refractivity contribution in [2.45, 2.75) is 18.9 Å². The molecule has 3 rings (SSSR count). The highest BCUT2D eigenvalue weighted by Gasteiger charge is 2.15. The van der Waals surface area contributed by atoms with E-state index >= 15 is 0 Å². The van der Waals surface area contributed by atoms with E-state index in [4.69, 9.17) is 0 Å². The Kier molecular flexibility index (Phi) is 4.08. The Morgan fingerprint density at radius 1 is 1.20 bits per heavy atom. The summed E-state index contributed by atoms with van der Waals surface area (Å²) in [4.78, 5) is 6.56. The highest BCUT2D eigenvalue weighted by molar-refractivity contribution is 9.10. The summed E-state index contributed by atoms with van der Waals surface area (Å²) in [6.45, 7) is 2.36. The molecule has 1 aliphatic rings. The lowest BCUT2D eigenvalue weighted by Gasteiger charge is -2.30. The predicted octanol–water partition coefficient (Wildman–Crippen LogP) is 3.14. The molecule has 0 spiro atoms. The fourth-order valence-corrected chi connectivity index (χ4v) is 2.87. The third-order valence-electron chi connectivity index (χ3n) is 3.81. The zero-order valence-electron chi connectivity index (χ0n) is 11.6. The van der Waals surface area contributed by atoms with E-state index < -0.39 is 0 Å². The van der Waals surface area contributed by atoms with Crippen LogP contribution in [0.5, 0.6) is 0 Å². The van der Waals surface area contributed by atoms with E-state index in [1.807, 2.05) is 17.1 Å². The van der Waals surface area contributed by atoms with Gasteiger partial charge in [0, 0.05) is 23.6 Å². The van der Waals surface area contributed by atoms with E-state index in [0.717, 1.165) is 10.3 Å². The molecule has 1 aromatic heterocycles. The average Bonchev–Trinajstić information content (AvgIpc) is 2.89. The minimum atomic E-state index is 0.597. The molecule has 1 N–H and O–H groups in total. The SMILES string of the molecule is CN1CCC(Nc2ccc(-n3cnc(Br)c3)cc2)CC1. The molecule has 1 saturated heterocycles. The van der Waals surface area contributed by atoms with Crippen LogP contribution in [0.4, 0.5) is 5.69 Å². The van der Waals surface area contributed by atoms with Crippen molar-refractivity contribution in [3.63, 3.8) is 0 Å². The maximum absolute atomic E-state index is 4.18. The van der Waals surface area contributed by atoms with E-state index in [0.29, 0.717) is 6.04 Å². The van der Waals surface area contributed by atoms with Crippen molar-refractivity contribution in [1.29, 1.82) is 0 Å². The molecule has 4 nitrogen and oxygen atoms in total. The van der Waals surface area contributed by atoms with Crippen LogP contribution in [0, 0.1) is 0 Å². The molecular weight excluding hydrogens is 316 g/mol. The Labute approximate surface area is 127 Å². The average molecular weight is 335 g/mol. The Balaban J connectivity index is 1.64. The van der Waals surface area contributed by atoms with Gasteiger partial charge in [-0.25, -0.2) is 4.98 Å². The molecule has 0 saturated carbocycles. The minimum absolute atomic E-state index is 0.597. The smallest absolute Gasteiger partial charge is 0.124 e. The summed E-state index contributed by atoms with van der Waals surface area (Å²) < 4.78 is 2.86. The van der Waals surface area contributed by atoms with Crippen molar-refractivity contribution in [3.8, 4) is 5.69 Å². The standard InChI is InChI=1S/C15H19BrN4/c1-19-8-6-13(7-9-19)18-12-2-4-14(5-3-12)20-10-15(16)17-11-20/h2-5,10-11,13,18H,6-9H2,1H3. The number of hydrogen-bond donors (Lipinski definition) is 1. The number of halogens is 1. The largest absolute Gasteiger partial charge is 0.382 e. The summed E-state index contributed by atoms with van der Waals surface area (Å²) in [7, 11) is 2.19. The number of likely N-dealkylation sites (tertiary alicyclic amines) is 1. The summed E-state index contributed by atoms with van der Waals surface area (Å²) >= 11 is 3.37. The number of aromatic nitrogens is 2. The van der Waals surface area contributed by atoms with Crippen molar-refractivity contribution in [1.82, 2.24) is 14.5 Å². The first-order chi connectivity index (χ1) is 9.70. The molecule has 1 aliphatic heterocycles. The number of rotatable bonds is 3. The van der Waals surface area contributed by atoms with Crippen LogP contribution in [0.15, 0.2) is 41.4 Å². The normalized spacial score (nSPS) is 17.3. The monoisotopic (exact) mass is 334 g/mol. The molecule has 5 heteroatoms. The molecule has 0 aliphatic carbocycles. The second-order valence-electron chi connectivity index (χ2n) is 5.37. The molecule has 106 valence electrons. The Morgan fingerprint density at radius 2 is 1.90 bits per heavy atom. The van der Waals surface area contributed by atoms with Gasteiger partial charge in [0.1, 0.15) is 10.9 Å². The van der Waals surface area contributed by atoms with Gasteiger partial charge in [-0.05, 0) is 73.2 Å². The van der Waals surface area contributed by atoms with Crippen molar-refractivity contribution < 1.29 is 0 Å². The fourth-order valence-electron chi connectivity index (χ4n) is 2.56. The maximum Gasteiger partial charge on any atom is 0.124 e. The van der Waals surface area contributed by atoms with Crippen LogP contribution in [0.25, 0.3) is 5.69 Å². The molecule has 0 atom stereocenters.